The summed E-state index contributed by atoms with van der Waals surface area (Å²) in [6.07, 6.45) is 3.70. The van der Waals surface area contributed by atoms with Gasteiger partial charge in [0.15, 0.2) is 0 Å². The van der Waals surface area contributed by atoms with Crippen LogP contribution >= 0.6 is 0 Å². The molecule has 1 saturated heterocycles. The van der Waals surface area contributed by atoms with Crippen LogP contribution in [0.3, 0.4) is 0 Å². The molecule has 1 fully saturated rings. The number of esters is 4. The van der Waals surface area contributed by atoms with Gasteiger partial charge >= 0.3 is 23.9 Å². The topological polar surface area (TPSA) is 118 Å². The van der Waals surface area contributed by atoms with Gasteiger partial charge in [0.05, 0.1) is 21.0 Å². The van der Waals surface area contributed by atoms with E-state index in [-0.39, 0.29) is 13.2 Å². The van der Waals surface area contributed by atoms with Crippen molar-refractivity contribution in [2.75, 3.05) is 47.3 Å². The van der Waals surface area contributed by atoms with Gasteiger partial charge in [0.1, 0.15) is 12.7 Å². The lowest BCUT2D eigenvalue weighted by Crippen LogP contribution is -2.42. The maximum absolute atomic E-state index is 11.8. The minimum atomic E-state index is -0.794. The Hall–Kier alpha value is -2.72. The van der Waals surface area contributed by atoms with Crippen molar-refractivity contribution in [3.05, 3.63) is 24.3 Å². The van der Waals surface area contributed by atoms with E-state index in [0.29, 0.717) is 13.3 Å². The van der Waals surface area contributed by atoms with Crippen LogP contribution in [0.2, 0.25) is 0 Å². The minimum absolute atomic E-state index is 0.237. The fourth-order valence-corrected chi connectivity index (χ4v) is 2.04. The van der Waals surface area contributed by atoms with Crippen LogP contribution in [0.15, 0.2) is 24.3 Å². The molecular weight excluding hydrogens is 362 g/mol. The molecule has 10 heteroatoms. The molecule has 0 aliphatic carbocycles. The van der Waals surface area contributed by atoms with E-state index < -0.39 is 30.0 Å². The van der Waals surface area contributed by atoms with E-state index in [4.69, 9.17) is 14.2 Å². The van der Waals surface area contributed by atoms with Crippen LogP contribution in [0.5, 0.6) is 0 Å². The lowest BCUT2D eigenvalue weighted by atomic mass is 10.3. The van der Waals surface area contributed by atoms with E-state index in [1.54, 1.807) is 0 Å². The summed E-state index contributed by atoms with van der Waals surface area (Å²) in [4.78, 5) is 47.3. The molecule has 1 atom stereocenters. The second kappa shape index (κ2) is 12.6. The second-order valence-electron chi connectivity index (χ2n) is 5.37. The second-order valence-corrected chi connectivity index (χ2v) is 5.37. The first kappa shape index (κ1) is 22.3. The van der Waals surface area contributed by atoms with Gasteiger partial charge in [-0.1, -0.05) is 0 Å². The molecule has 0 saturated carbocycles. The lowest BCUT2D eigenvalue weighted by molar-refractivity contribution is -0.155. The summed E-state index contributed by atoms with van der Waals surface area (Å²) >= 11 is 0. The van der Waals surface area contributed by atoms with Crippen molar-refractivity contribution >= 4 is 23.9 Å². The maximum atomic E-state index is 11.8. The molecule has 1 rings (SSSR count). The molecule has 0 N–H and O–H groups in total. The quantitative estimate of drug-likeness (QED) is 0.294. The highest BCUT2D eigenvalue weighted by Crippen LogP contribution is 2.06. The molecule has 0 bridgehead atoms. The molecule has 1 unspecified atom stereocenters. The highest BCUT2D eigenvalue weighted by Gasteiger charge is 2.21. The van der Waals surface area contributed by atoms with Crippen LogP contribution in [-0.4, -0.2) is 82.1 Å². The Morgan fingerprint density at radius 2 is 1.56 bits per heavy atom. The molecule has 0 aromatic carbocycles. The van der Waals surface area contributed by atoms with Crippen LogP contribution in [0.1, 0.15) is 6.42 Å². The Labute approximate surface area is 156 Å². The van der Waals surface area contributed by atoms with Gasteiger partial charge < -0.3 is 23.7 Å². The first-order valence-corrected chi connectivity index (χ1v) is 8.14. The van der Waals surface area contributed by atoms with Gasteiger partial charge in [0.25, 0.3) is 0 Å². The van der Waals surface area contributed by atoms with E-state index in [1.165, 1.54) is 14.2 Å². The van der Waals surface area contributed by atoms with E-state index in [9.17, 15) is 19.2 Å². The van der Waals surface area contributed by atoms with Gasteiger partial charge in [0.2, 0.25) is 0 Å². The maximum Gasteiger partial charge on any atom is 0.331 e. The largest absolute Gasteiger partial charge is 0.466 e. The molecule has 0 aromatic rings. The number of carbonyl (C=O) groups excluding carboxylic acids is 4. The molecular formula is C17H23NO9. The third kappa shape index (κ3) is 10.1. The number of nitrogens with zero attached hydrogens (tertiary/aromatic N) is 1. The van der Waals surface area contributed by atoms with E-state index in [0.717, 1.165) is 37.3 Å². The first-order chi connectivity index (χ1) is 12.9. The van der Waals surface area contributed by atoms with Gasteiger partial charge in [-0.2, -0.15) is 0 Å². The third-order valence-electron chi connectivity index (χ3n) is 3.31. The summed E-state index contributed by atoms with van der Waals surface area (Å²) in [6.45, 7) is 1.78. The normalized spacial score (nSPS) is 16.1. The number of hydrogen-bond acceptors (Lipinski definition) is 10. The smallest absolute Gasteiger partial charge is 0.331 e. The summed E-state index contributed by atoms with van der Waals surface area (Å²) in [5, 5.41) is 0. The van der Waals surface area contributed by atoms with Gasteiger partial charge in [-0.3, -0.25) is 4.90 Å². The van der Waals surface area contributed by atoms with Crippen molar-refractivity contribution in [1.82, 2.24) is 4.90 Å². The minimum Gasteiger partial charge on any atom is -0.466 e. The molecule has 10 nitrogen and oxygen atoms in total. The average Bonchev–Trinajstić information content (AvgIpc) is 2.68. The highest BCUT2D eigenvalue weighted by atomic mass is 16.6. The van der Waals surface area contributed by atoms with Crippen molar-refractivity contribution in [3.63, 3.8) is 0 Å². The van der Waals surface area contributed by atoms with Crippen LogP contribution < -0.4 is 0 Å². The molecule has 27 heavy (non-hydrogen) atoms. The highest BCUT2D eigenvalue weighted by molar-refractivity contribution is 5.92. The van der Waals surface area contributed by atoms with E-state index in [2.05, 4.69) is 9.47 Å². The first-order valence-electron chi connectivity index (χ1n) is 8.14. The number of rotatable bonds is 9. The zero-order valence-electron chi connectivity index (χ0n) is 15.3. The Bertz CT molecular complexity index is 579. The van der Waals surface area contributed by atoms with Crippen molar-refractivity contribution in [2.24, 2.45) is 0 Å². The van der Waals surface area contributed by atoms with Crippen LogP contribution in [-0.2, 0) is 42.9 Å². The van der Waals surface area contributed by atoms with Gasteiger partial charge in [-0.15, -0.1) is 0 Å². The number of methoxy groups -OCH3 is 2. The SMILES string of the molecule is COC(=O)/C=C/C(=O)OCC(CN1CCCOC1)OC(=O)/C=C/C(=O)OC. The van der Waals surface area contributed by atoms with Crippen LogP contribution in [0.4, 0.5) is 0 Å². The van der Waals surface area contributed by atoms with Crippen LogP contribution in [0, 0.1) is 0 Å². The molecule has 0 aromatic heterocycles. The molecule has 0 amide bonds. The summed E-state index contributed by atoms with van der Waals surface area (Å²) in [5.74, 6) is -2.98. The summed E-state index contributed by atoms with van der Waals surface area (Å²) in [7, 11) is 2.36. The monoisotopic (exact) mass is 385 g/mol. The van der Waals surface area contributed by atoms with Crippen molar-refractivity contribution in [3.8, 4) is 0 Å². The zero-order valence-corrected chi connectivity index (χ0v) is 15.3. The zero-order chi connectivity index (χ0) is 20.1. The number of hydrogen-bond donors (Lipinski definition) is 0. The molecule has 1 heterocycles. The van der Waals surface area contributed by atoms with E-state index >= 15 is 0 Å². The Morgan fingerprint density at radius 3 is 2.11 bits per heavy atom. The summed E-state index contributed by atoms with van der Waals surface area (Å²) in [6, 6.07) is 0. The molecule has 1 aliphatic heterocycles. The van der Waals surface area contributed by atoms with Crippen LogP contribution in [0.25, 0.3) is 0 Å². The van der Waals surface area contributed by atoms with E-state index in [1.807, 2.05) is 4.90 Å². The van der Waals surface area contributed by atoms with Crippen molar-refractivity contribution in [2.45, 2.75) is 12.5 Å². The Balaban J connectivity index is 2.60. The Morgan fingerprint density at radius 1 is 0.963 bits per heavy atom. The van der Waals surface area contributed by atoms with Gasteiger partial charge in [0, 0.05) is 44.0 Å². The predicted octanol–water partition coefficient (Wildman–Crippen LogP) is -0.420. The molecule has 0 spiro atoms. The number of carbonyl (C=O) groups is 4. The summed E-state index contributed by atoms with van der Waals surface area (Å²) in [5.41, 5.74) is 0. The molecule has 0 radical (unpaired) electrons. The standard InChI is InChI=1S/C17H23NO9/c1-23-14(19)4-6-16(21)26-11-13(10-18-8-3-9-25-12-18)27-17(22)7-5-15(20)24-2/h4-7,13H,3,8-12H2,1-2H3/b6-4+,7-5+. The predicted molar refractivity (Wildman–Crippen MR) is 90.2 cm³/mol. The third-order valence-corrected chi connectivity index (χ3v) is 3.31. The van der Waals surface area contributed by atoms with Crippen molar-refractivity contribution < 1.29 is 42.9 Å². The van der Waals surface area contributed by atoms with Gasteiger partial charge in [-0.25, -0.2) is 19.2 Å². The summed E-state index contributed by atoms with van der Waals surface area (Å²) < 4.78 is 24.3. The Kier molecular flexibility index (Phi) is 10.4. The fourth-order valence-electron chi connectivity index (χ4n) is 2.04. The lowest BCUT2D eigenvalue weighted by Gasteiger charge is -2.29. The fraction of sp³-hybridized carbons (Fsp3) is 0.529. The molecule has 150 valence electrons. The number of ether oxygens (including phenoxy) is 5. The molecule has 1 aliphatic rings. The average molecular weight is 385 g/mol. The van der Waals surface area contributed by atoms with Gasteiger partial charge in [-0.05, 0) is 6.42 Å². The van der Waals surface area contributed by atoms with Crippen molar-refractivity contribution in [1.29, 1.82) is 0 Å².